The summed E-state index contributed by atoms with van der Waals surface area (Å²) >= 11 is 0. The smallest absolute Gasteiger partial charge is 0.136 e. The van der Waals surface area contributed by atoms with E-state index >= 15 is 0 Å². The van der Waals surface area contributed by atoms with E-state index in [2.05, 4.69) is 20.8 Å². The number of rotatable bonds is 3. The molecule has 0 N–H and O–H groups in total. The third kappa shape index (κ3) is 3.44. The van der Waals surface area contributed by atoms with Gasteiger partial charge in [-0.1, -0.05) is 20.8 Å². The molecule has 0 spiro atoms. The molecule has 0 heterocycles. The predicted octanol–water partition coefficient (Wildman–Crippen LogP) is 3.00. The molecule has 1 saturated carbocycles. The van der Waals surface area contributed by atoms with Crippen molar-refractivity contribution in [3.05, 3.63) is 0 Å². The van der Waals surface area contributed by atoms with Crippen LogP contribution in [0, 0.1) is 17.3 Å². The molecule has 0 aromatic carbocycles. The normalized spacial score (nSPS) is 27.8. The van der Waals surface area contributed by atoms with Crippen molar-refractivity contribution in [1.29, 1.82) is 0 Å². The molecule has 0 aromatic heterocycles. The molecular weight excluding hydrogens is 188 g/mol. The van der Waals surface area contributed by atoms with Crippen molar-refractivity contribution in [2.45, 2.75) is 52.9 Å². The van der Waals surface area contributed by atoms with E-state index in [0.29, 0.717) is 30.0 Å². The molecule has 15 heavy (non-hydrogen) atoms. The van der Waals surface area contributed by atoms with Gasteiger partial charge in [-0.2, -0.15) is 0 Å². The molecule has 1 rings (SSSR count). The van der Waals surface area contributed by atoms with Gasteiger partial charge < -0.3 is 4.79 Å². The molecule has 1 fully saturated rings. The van der Waals surface area contributed by atoms with Crippen LogP contribution >= 0.6 is 0 Å². The average molecular weight is 210 g/mol. The van der Waals surface area contributed by atoms with E-state index in [-0.39, 0.29) is 5.92 Å². The van der Waals surface area contributed by atoms with E-state index in [9.17, 15) is 9.59 Å². The van der Waals surface area contributed by atoms with Gasteiger partial charge in [0.25, 0.3) is 0 Å². The lowest BCUT2D eigenvalue weighted by Gasteiger charge is -2.36. The van der Waals surface area contributed by atoms with Crippen molar-refractivity contribution >= 4 is 12.1 Å². The second-order valence-electron chi connectivity index (χ2n) is 5.74. The zero-order chi connectivity index (χ0) is 11.5. The van der Waals surface area contributed by atoms with Crippen molar-refractivity contribution in [2.75, 3.05) is 0 Å². The summed E-state index contributed by atoms with van der Waals surface area (Å²) in [6.45, 7) is 6.72. The predicted molar refractivity (Wildman–Crippen MR) is 60.6 cm³/mol. The number of ketones is 1. The van der Waals surface area contributed by atoms with Crippen LogP contribution in [0.5, 0.6) is 0 Å². The second kappa shape index (κ2) is 4.91. The average Bonchev–Trinajstić information content (AvgIpc) is 2.15. The van der Waals surface area contributed by atoms with Crippen LogP contribution < -0.4 is 0 Å². The Morgan fingerprint density at radius 1 is 1.40 bits per heavy atom. The van der Waals surface area contributed by atoms with E-state index < -0.39 is 0 Å². The first-order valence-corrected chi connectivity index (χ1v) is 5.91. The highest BCUT2D eigenvalue weighted by molar-refractivity contribution is 5.82. The Balaban J connectivity index is 2.55. The zero-order valence-corrected chi connectivity index (χ0v) is 10.1. The standard InChI is InChI=1S/C13H22O2/c1-13(2,3)11-6-7-12(15)10(9-11)5-4-8-14/h8,10-11H,4-7,9H2,1-3H3/t10-,11-/m0/s1. The maximum absolute atomic E-state index is 11.7. The SMILES string of the molecule is CC(C)(C)[C@H]1CCC(=O)[C@@H](CCC=O)C1. The van der Waals surface area contributed by atoms with Gasteiger partial charge in [0.15, 0.2) is 0 Å². The van der Waals surface area contributed by atoms with Gasteiger partial charge in [0.1, 0.15) is 12.1 Å². The molecule has 1 aliphatic carbocycles. The van der Waals surface area contributed by atoms with Crippen LogP contribution in [-0.2, 0) is 9.59 Å². The maximum atomic E-state index is 11.7. The first-order valence-electron chi connectivity index (χ1n) is 5.91. The summed E-state index contributed by atoms with van der Waals surface area (Å²) in [7, 11) is 0. The Morgan fingerprint density at radius 2 is 2.07 bits per heavy atom. The number of carbonyl (C=O) groups excluding carboxylic acids is 2. The molecule has 0 aromatic rings. The van der Waals surface area contributed by atoms with Crippen molar-refractivity contribution in [3.8, 4) is 0 Å². The molecule has 0 aliphatic heterocycles. The Kier molecular flexibility index (Phi) is 4.06. The van der Waals surface area contributed by atoms with Gasteiger partial charge in [-0.15, -0.1) is 0 Å². The highest BCUT2D eigenvalue weighted by Crippen LogP contribution is 2.39. The molecule has 86 valence electrons. The summed E-state index contributed by atoms with van der Waals surface area (Å²) in [5.41, 5.74) is 0.292. The number of hydrogen-bond donors (Lipinski definition) is 0. The number of hydrogen-bond acceptors (Lipinski definition) is 2. The van der Waals surface area contributed by atoms with Crippen LogP contribution in [0.25, 0.3) is 0 Å². The van der Waals surface area contributed by atoms with E-state index in [1.807, 2.05) is 0 Å². The fraction of sp³-hybridized carbons (Fsp3) is 0.846. The molecular formula is C13H22O2. The van der Waals surface area contributed by atoms with Crippen LogP contribution in [-0.4, -0.2) is 12.1 Å². The minimum atomic E-state index is 0.146. The maximum Gasteiger partial charge on any atom is 0.136 e. The Labute approximate surface area is 92.4 Å². The quantitative estimate of drug-likeness (QED) is 0.671. The van der Waals surface area contributed by atoms with Crippen molar-refractivity contribution < 1.29 is 9.59 Å². The van der Waals surface area contributed by atoms with Gasteiger partial charge >= 0.3 is 0 Å². The summed E-state index contributed by atoms with van der Waals surface area (Å²) in [5.74, 6) is 1.15. The van der Waals surface area contributed by atoms with E-state index in [1.54, 1.807) is 0 Å². The molecule has 0 saturated heterocycles. The van der Waals surface area contributed by atoms with Gasteiger partial charge in [0.05, 0.1) is 0 Å². The molecule has 0 unspecified atom stereocenters. The first kappa shape index (κ1) is 12.4. The van der Waals surface area contributed by atoms with Crippen molar-refractivity contribution in [3.63, 3.8) is 0 Å². The van der Waals surface area contributed by atoms with E-state index in [4.69, 9.17) is 0 Å². The van der Waals surface area contributed by atoms with Crippen molar-refractivity contribution in [1.82, 2.24) is 0 Å². The molecule has 0 bridgehead atoms. The molecule has 2 nitrogen and oxygen atoms in total. The highest BCUT2D eigenvalue weighted by Gasteiger charge is 2.34. The Hall–Kier alpha value is -0.660. The minimum Gasteiger partial charge on any atom is -0.303 e. The molecule has 0 amide bonds. The lowest BCUT2D eigenvalue weighted by atomic mass is 9.68. The monoisotopic (exact) mass is 210 g/mol. The lowest BCUT2D eigenvalue weighted by molar-refractivity contribution is -0.127. The molecule has 2 heteroatoms. The summed E-state index contributed by atoms with van der Waals surface area (Å²) in [4.78, 5) is 22.0. The Bertz CT molecular complexity index is 237. The van der Waals surface area contributed by atoms with Crippen LogP contribution in [0.1, 0.15) is 52.9 Å². The Morgan fingerprint density at radius 3 is 2.60 bits per heavy atom. The molecule has 2 atom stereocenters. The van der Waals surface area contributed by atoms with Crippen molar-refractivity contribution in [2.24, 2.45) is 17.3 Å². The first-order chi connectivity index (χ1) is 6.95. The molecule has 1 aliphatic rings. The van der Waals surface area contributed by atoms with Crippen LogP contribution in [0.3, 0.4) is 0 Å². The number of Topliss-reactive ketones (excluding diaryl/α,β-unsaturated/α-hetero) is 1. The van der Waals surface area contributed by atoms with E-state index in [1.165, 1.54) is 0 Å². The van der Waals surface area contributed by atoms with Gasteiger partial charge in [0, 0.05) is 18.8 Å². The van der Waals surface area contributed by atoms with Crippen LogP contribution in [0.4, 0.5) is 0 Å². The summed E-state index contributed by atoms with van der Waals surface area (Å²) in [5, 5.41) is 0. The fourth-order valence-corrected chi connectivity index (χ4v) is 2.45. The third-order valence-corrected chi connectivity index (χ3v) is 3.62. The van der Waals surface area contributed by atoms with Gasteiger partial charge in [0.2, 0.25) is 0 Å². The fourth-order valence-electron chi connectivity index (χ4n) is 2.45. The molecule has 0 radical (unpaired) electrons. The zero-order valence-electron chi connectivity index (χ0n) is 10.1. The lowest BCUT2D eigenvalue weighted by Crippen LogP contribution is -2.32. The highest BCUT2D eigenvalue weighted by atomic mass is 16.1. The van der Waals surface area contributed by atoms with E-state index in [0.717, 1.165) is 25.5 Å². The van der Waals surface area contributed by atoms with Crippen LogP contribution in [0.15, 0.2) is 0 Å². The summed E-state index contributed by atoms with van der Waals surface area (Å²) in [6, 6.07) is 0. The number of aldehydes is 1. The second-order valence-corrected chi connectivity index (χ2v) is 5.74. The minimum absolute atomic E-state index is 0.146. The third-order valence-electron chi connectivity index (χ3n) is 3.62. The van der Waals surface area contributed by atoms with Gasteiger partial charge in [-0.25, -0.2) is 0 Å². The van der Waals surface area contributed by atoms with Gasteiger partial charge in [-0.05, 0) is 30.6 Å². The number of carbonyl (C=O) groups is 2. The summed E-state index contributed by atoms with van der Waals surface area (Å²) < 4.78 is 0. The van der Waals surface area contributed by atoms with Crippen LogP contribution in [0.2, 0.25) is 0 Å². The van der Waals surface area contributed by atoms with Gasteiger partial charge in [-0.3, -0.25) is 4.79 Å². The largest absolute Gasteiger partial charge is 0.303 e. The topological polar surface area (TPSA) is 34.1 Å². The summed E-state index contributed by atoms with van der Waals surface area (Å²) in [6.07, 6.45) is 4.94.